The topological polar surface area (TPSA) is 160 Å². The van der Waals surface area contributed by atoms with Crippen molar-refractivity contribution in [2.75, 3.05) is 6.61 Å². The molecular weight excluding hydrogens is 368 g/mol. The summed E-state index contributed by atoms with van der Waals surface area (Å²) < 4.78 is 8.94. The predicted molar refractivity (Wildman–Crippen MR) is 74.0 cm³/mol. The van der Waals surface area contributed by atoms with Crippen LogP contribution in [-0.4, -0.2) is 102 Å². The van der Waals surface area contributed by atoms with Crippen molar-refractivity contribution in [2.24, 2.45) is 0 Å². The van der Waals surface area contributed by atoms with Gasteiger partial charge in [0.1, 0.15) is 48.8 Å². The SMILES string of the molecule is C[C@@H]1OC(Br)(C2O[C@H](CO)[C@@H](O)[C@H](O)[C@H]2O)[C@H](O)[C@H](O)[C@H]1O. The molecule has 7 N–H and O–H groups in total. The lowest BCUT2D eigenvalue weighted by atomic mass is 9.86. The highest BCUT2D eigenvalue weighted by atomic mass is 79.9. The number of alkyl halides is 1. The summed E-state index contributed by atoms with van der Waals surface area (Å²) in [6.45, 7) is 0.807. The van der Waals surface area contributed by atoms with Crippen LogP contribution in [0.4, 0.5) is 0 Å². The van der Waals surface area contributed by atoms with E-state index >= 15 is 0 Å². The van der Waals surface area contributed by atoms with E-state index in [9.17, 15) is 35.7 Å². The molecular formula is C12H21BrO9. The van der Waals surface area contributed by atoms with Gasteiger partial charge in [-0.3, -0.25) is 0 Å². The van der Waals surface area contributed by atoms with E-state index in [0.29, 0.717) is 0 Å². The molecule has 2 aliphatic heterocycles. The third-order valence-corrected chi connectivity index (χ3v) is 5.31. The molecule has 0 aromatic rings. The third-order valence-electron chi connectivity index (χ3n) is 4.20. The molecule has 2 fully saturated rings. The molecule has 2 rings (SSSR count). The van der Waals surface area contributed by atoms with E-state index in [1.165, 1.54) is 6.92 Å². The number of aliphatic hydroxyl groups is 7. The first-order valence-corrected chi connectivity index (χ1v) is 7.65. The van der Waals surface area contributed by atoms with Gasteiger partial charge in [0.25, 0.3) is 0 Å². The molecule has 0 aromatic heterocycles. The van der Waals surface area contributed by atoms with Crippen LogP contribution in [0, 0.1) is 0 Å². The van der Waals surface area contributed by atoms with Crippen LogP contribution in [0.3, 0.4) is 0 Å². The largest absolute Gasteiger partial charge is 0.394 e. The van der Waals surface area contributed by atoms with Crippen molar-refractivity contribution in [2.45, 2.75) is 66.4 Å². The van der Waals surface area contributed by atoms with Gasteiger partial charge in [0.05, 0.1) is 12.7 Å². The number of halogens is 1. The highest BCUT2D eigenvalue weighted by molar-refractivity contribution is 9.10. The number of hydrogen-bond donors (Lipinski definition) is 7. The smallest absolute Gasteiger partial charge is 0.180 e. The highest BCUT2D eigenvalue weighted by Crippen LogP contribution is 2.43. The van der Waals surface area contributed by atoms with Crippen LogP contribution >= 0.6 is 15.9 Å². The Labute approximate surface area is 134 Å². The van der Waals surface area contributed by atoms with Crippen LogP contribution in [0.5, 0.6) is 0 Å². The summed E-state index contributed by atoms with van der Waals surface area (Å²) in [4.78, 5) is 0. The van der Waals surface area contributed by atoms with Gasteiger partial charge in [-0.2, -0.15) is 0 Å². The van der Waals surface area contributed by atoms with Gasteiger partial charge in [0, 0.05) is 0 Å². The second kappa shape index (κ2) is 6.55. The van der Waals surface area contributed by atoms with Crippen molar-refractivity contribution >= 4 is 15.9 Å². The Morgan fingerprint density at radius 1 is 0.909 bits per heavy atom. The summed E-state index contributed by atoms with van der Waals surface area (Å²) in [5.41, 5.74) is 0. The molecule has 2 heterocycles. The quantitative estimate of drug-likeness (QED) is 0.237. The fourth-order valence-electron chi connectivity index (χ4n) is 2.78. The first-order chi connectivity index (χ1) is 10.1. The average molecular weight is 389 g/mol. The minimum atomic E-state index is -1.85. The summed E-state index contributed by atoms with van der Waals surface area (Å²) in [5, 5.41) is 68.7. The lowest BCUT2D eigenvalue weighted by Gasteiger charge is -2.52. The van der Waals surface area contributed by atoms with E-state index in [-0.39, 0.29) is 0 Å². The fraction of sp³-hybridized carbons (Fsp3) is 1.00. The van der Waals surface area contributed by atoms with Gasteiger partial charge in [-0.15, -0.1) is 0 Å². The molecule has 0 aromatic carbocycles. The van der Waals surface area contributed by atoms with Crippen LogP contribution in [0.2, 0.25) is 0 Å². The fourth-order valence-corrected chi connectivity index (χ4v) is 3.73. The summed E-state index contributed by atoms with van der Waals surface area (Å²) in [7, 11) is 0. The Hall–Kier alpha value is 0.120. The Kier molecular flexibility index (Phi) is 5.50. The Balaban J connectivity index is 2.31. The molecule has 10 atom stereocenters. The van der Waals surface area contributed by atoms with Gasteiger partial charge in [-0.05, 0) is 22.9 Å². The Morgan fingerprint density at radius 3 is 2.05 bits per heavy atom. The first kappa shape index (κ1) is 18.5. The monoisotopic (exact) mass is 388 g/mol. The maximum Gasteiger partial charge on any atom is 0.180 e. The maximum absolute atomic E-state index is 10.2. The van der Waals surface area contributed by atoms with Gasteiger partial charge in [0.2, 0.25) is 0 Å². The van der Waals surface area contributed by atoms with Crippen molar-refractivity contribution in [1.29, 1.82) is 0 Å². The molecule has 9 nitrogen and oxygen atoms in total. The molecule has 0 amide bonds. The summed E-state index contributed by atoms with van der Waals surface area (Å²) in [6, 6.07) is 0. The number of ether oxygens (including phenoxy) is 2. The van der Waals surface area contributed by atoms with Gasteiger partial charge >= 0.3 is 0 Å². The van der Waals surface area contributed by atoms with E-state index in [4.69, 9.17) is 9.47 Å². The molecule has 0 aliphatic carbocycles. The van der Waals surface area contributed by atoms with E-state index in [1.54, 1.807) is 0 Å². The van der Waals surface area contributed by atoms with Gasteiger partial charge in [-0.25, -0.2) is 0 Å². The molecule has 0 bridgehead atoms. The van der Waals surface area contributed by atoms with Gasteiger partial charge in [0.15, 0.2) is 4.51 Å². The zero-order chi connectivity index (χ0) is 16.8. The highest BCUT2D eigenvalue weighted by Gasteiger charge is 2.61. The van der Waals surface area contributed by atoms with Crippen LogP contribution in [0.15, 0.2) is 0 Å². The van der Waals surface area contributed by atoms with Crippen LogP contribution in [-0.2, 0) is 9.47 Å². The zero-order valence-electron chi connectivity index (χ0n) is 11.7. The minimum Gasteiger partial charge on any atom is -0.394 e. The van der Waals surface area contributed by atoms with Crippen LogP contribution < -0.4 is 0 Å². The first-order valence-electron chi connectivity index (χ1n) is 6.86. The summed E-state index contributed by atoms with van der Waals surface area (Å²) in [5.74, 6) is 0. The molecule has 22 heavy (non-hydrogen) atoms. The second-order valence-electron chi connectivity index (χ2n) is 5.70. The molecule has 0 radical (unpaired) electrons. The minimum absolute atomic E-state index is 0.638. The van der Waals surface area contributed by atoms with E-state index < -0.39 is 66.1 Å². The van der Waals surface area contributed by atoms with Crippen molar-refractivity contribution in [1.82, 2.24) is 0 Å². The lowest BCUT2D eigenvalue weighted by molar-refractivity contribution is -0.307. The molecule has 2 unspecified atom stereocenters. The Bertz CT molecular complexity index is 397. The van der Waals surface area contributed by atoms with Crippen molar-refractivity contribution in [3.63, 3.8) is 0 Å². The number of aliphatic hydroxyl groups excluding tert-OH is 7. The van der Waals surface area contributed by atoms with Crippen LogP contribution in [0.25, 0.3) is 0 Å². The van der Waals surface area contributed by atoms with Crippen molar-refractivity contribution in [3.8, 4) is 0 Å². The third kappa shape index (κ3) is 2.81. The standard InChI is InChI=1S/C12H21BrO9/c1-3-5(15)8(18)10(20)12(13,22-3)11-9(19)7(17)6(16)4(2-14)21-11/h3-11,14-20H,2H2,1H3/t3-,4+,5-,6+,7-,8+,9+,10+,11?,12?/m0/s1. The molecule has 10 heteroatoms. The van der Waals surface area contributed by atoms with Crippen molar-refractivity contribution in [3.05, 3.63) is 0 Å². The normalized spacial score (nSPS) is 56.9. The molecule has 130 valence electrons. The van der Waals surface area contributed by atoms with Crippen LogP contribution in [0.1, 0.15) is 6.92 Å². The number of rotatable bonds is 2. The Morgan fingerprint density at radius 2 is 1.50 bits per heavy atom. The molecule has 0 spiro atoms. The van der Waals surface area contributed by atoms with Gasteiger partial charge < -0.3 is 45.2 Å². The van der Waals surface area contributed by atoms with E-state index in [1.807, 2.05) is 0 Å². The van der Waals surface area contributed by atoms with Gasteiger partial charge in [-0.1, -0.05) is 0 Å². The zero-order valence-corrected chi connectivity index (χ0v) is 13.3. The maximum atomic E-state index is 10.2. The lowest BCUT2D eigenvalue weighted by Crippen LogP contribution is -2.72. The number of hydrogen-bond acceptors (Lipinski definition) is 9. The second-order valence-corrected chi connectivity index (χ2v) is 6.94. The molecule has 2 aliphatic rings. The van der Waals surface area contributed by atoms with E-state index in [2.05, 4.69) is 15.9 Å². The summed E-state index contributed by atoms with van der Waals surface area (Å²) in [6.07, 6.45) is -13.0. The molecule has 2 saturated heterocycles. The molecule has 0 saturated carbocycles. The van der Waals surface area contributed by atoms with Crippen molar-refractivity contribution < 1.29 is 45.2 Å². The predicted octanol–water partition coefficient (Wildman–Crippen LogP) is -3.58. The van der Waals surface area contributed by atoms with E-state index in [0.717, 1.165) is 0 Å². The average Bonchev–Trinajstić information content (AvgIpc) is 2.49. The summed E-state index contributed by atoms with van der Waals surface area (Å²) >= 11 is 3.07.